The lowest BCUT2D eigenvalue weighted by Crippen LogP contribution is -2.04. The van der Waals surface area contributed by atoms with Crippen molar-refractivity contribution < 1.29 is 0 Å². The minimum atomic E-state index is 0.983. The Kier molecular flexibility index (Phi) is 3.37. The van der Waals surface area contributed by atoms with Crippen LogP contribution in [0.3, 0.4) is 0 Å². The monoisotopic (exact) mass is 227 g/mol. The van der Waals surface area contributed by atoms with Gasteiger partial charge < -0.3 is 5.73 Å². The highest BCUT2D eigenvalue weighted by molar-refractivity contribution is 5.98. The lowest BCUT2D eigenvalue weighted by molar-refractivity contribution is 0.996. The molecule has 0 amide bonds. The average Bonchev–Trinajstić information content (AvgIpc) is 2.38. The van der Waals surface area contributed by atoms with E-state index in [0.29, 0.717) is 0 Å². The van der Waals surface area contributed by atoms with Gasteiger partial charge in [0, 0.05) is 11.1 Å². The summed E-state index contributed by atoms with van der Waals surface area (Å²) in [6.45, 7) is 6.65. The lowest BCUT2D eigenvalue weighted by atomic mass is 9.88. The SMILES string of the molecule is CCc1c(CC)c(CC)c2ccccc2c1N. The van der Waals surface area contributed by atoms with Crippen LogP contribution in [-0.4, -0.2) is 0 Å². The molecule has 90 valence electrons. The van der Waals surface area contributed by atoms with Crippen LogP contribution in [0.5, 0.6) is 0 Å². The standard InChI is InChI=1S/C16H21N/c1-4-11-12(5-2)14-9-7-8-10-15(14)16(17)13(11)6-3/h7-10H,4-6,17H2,1-3H3. The number of anilines is 1. The van der Waals surface area contributed by atoms with E-state index < -0.39 is 0 Å². The highest BCUT2D eigenvalue weighted by atomic mass is 14.6. The predicted octanol–water partition coefficient (Wildman–Crippen LogP) is 4.11. The molecule has 0 saturated heterocycles. The molecule has 0 aliphatic rings. The summed E-state index contributed by atoms with van der Waals surface area (Å²) in [5.74, 6) is 0. The minimum absolute atomic E-state index is 0.983. The first-order chi connectivity index (χ1) is 8.24. The summed E-state index contributed by atoms with van der Waals surface area (Å²) < 4.78 is 0. The summed E-state index contributed by atoms with van der Waals surface area (Å²) in [6, 6.07) is 8.51. The average molecular weight is 227 g/mol. The third-order valence-electron chi connectivity index (χ3n) is 3.66. The molecule has 0 aliphatic heterocycles. The van der Waals surface area contributed by atoms with E-state index in [2.05, 4.69) is 45.0 Å². The van der Waals surface area contributed by atoms with Crippen molar-refractivity contribution in [1.82, 2.24) is 0 Å². The summed E-state index contributed by atoms with van der Waals surface area (Å²) in [6.07, 6.45) is 3.17. The Hall–Kier alpha value is -1.50. The fraction of sp³-hybridized carbons (Fsp3) is 0.375. The number of rotatable bonds is 3. The fourth-order valence-electron chi connectivity index (χ4n) is 2.89. The van der Waals surface area contributed by atoms with Gasteiger partial charge in [0.15, 0.2) is 0 Å². The first-order valence-corrected chi connectivity index (χ1v) is 6.55. The molecular weight excluding hydrogens is 206 g/mol. The van der Waals surface area contributed by atoms with E-state index >= 15 is 0 Å². The molecule has 2 aromatic carbocycles. The van der Waals surface area contributed by atoms with E-state index in [1.807, 2.05) is 0 Å². The van der Waals surface area contributed by atoms with Crippen molar-refractivity contribution in [3.63, 3.8) is 0 Å². The van der Waals surface area contributed by atoms with Crippen LogP contribution in [0.15, 0.2) is 24.3 Å². The molecule has 2 aromatic rings. The van der Waals surface area contributed by atoms with Gasteiger partial charge in [-0.1, -0.05) is 45.0 Å². The van der Waals surface area contributed by atoms with Crippen molar-refractivity contribution in [3.05, 3.63) is 41.0 Å². The predicted molar refractivity (Wildman–Crippen MR) is 76.5 cm³/mol. The van der Waals surface area contributed by atoms with E-state index in [-0.39, 0.29) is 0 Å². The first kappa shape index (κ1) is 12.0. The third-order valence-corrected chi connectivity index (χ3v) is 3.66. The Morgan fingerprint density at radius 3 is 1.82 bits per heavy atom. The molecule has 0 aromatic heterocycles. The maximum atomic E-state index is 6.33. The Labute approximate surface area is 104 Å². The molecule has 1 heteroatoms. The van der Waals surface area contributed by atoms with Gasteiger partial charge in [-0.05, 0) is 41.3 Å². The molecule has 0 aliphatic carbocycles. The van der Waals surface area contributed by atoms with E-state index in [1.165, 1.54) is 27.5 Å². The van der Waals surface area contributed by atoms with Crippen molar-refractivity contribution in [1.29, 1.82) is 0 Å². The van der Waals surface area contributed by atoms with Gasteiger partial charge in [0.1, 0.15) is 0 Å². The largest absolute Gasteiger partial charge is 0.398 e. The fourth-order valence-corrected chi connectivity index (χ4v) is 2.89. The van der Waals surface area contributed by atoms with Gasteiger partial charge in [-0.25, -0.2) is 0 Å². The van der Waals surface area contributed by atoms with Gasteiger partial charge in [-0.15, -0.1) is 0 Å². The molecule has 0 radical (unpaired) electrons. The van der Waals surface area contributed by atoms with E-state index in [4.69, 9.17) is 5.73 Å². The number of nitrogen functional groups attached to an aromatic ring is 1. The Morgan fingerprint density at radius 1 is 0.765 bits per heavy atom. The summed E-state index contributed by atoms with van der Waals surface area (Å²) in [7, 11) is 0. The molecule has 0 unspecified atom stereocenters. The van der Waals surface area contributed by atoms with Gasteiger partial charge in [-0.2, -0.15) is 0 Å². The topological polar surface area (TPSA) is 26.0 Å². The van der Waals surface area contributed by atoms with E-state index in [9.17, 15) is 0 Å². The zero-order valence-electron chi connectivity index (χ0n) is 11.0. The van der Waals surface area contributed by atoms with Crippen LogP contribution in [0.2, 0.25) is 0 Å². The van der Waals surface area contributed by atoms with Crippen LogP contribution < -0.4 is 5.73 Å². The second-order valence-electron chi connectivity index (χ2n) is 4.46. The van der Waals surface area contributed by atoms with Crippen LogP contribution in [0, 0.1) is 0 Å². The third kappa shape index (κ3) is 1.80. The number of hydrogen-bond acceptors (Lipinski definition) is 1. The van der Waals surface area contributed by atoms with Crippen molar-refractivity contribution >= 4 is 16.5 Å². The summed E-state index contributed by atoms with van der Waals surface area (Å²) in [4.78, 5) is 0. The molecule has 17 heavy (non-hydrogen) atoms. The summed E-state index contributed by atoms with van der Waals surface area (Å²) in [5, 5.41) is 2.56. The van der Waals surface area contributed by atoms with Crippen molar-refractivity contribution in [2.24, 2.45) is 0 Å². The number of hydrogen-bond donors (Lipinski definition) is 1. The van der Waals surface area contributed by atoms with Gasteiger partial charge in [0.25, 0.3) is 0 Å². The maximum absolute atomic E-state index is 6.33. The Morgan fingerprint density at radius 2 is 1.29 bits per heavy atom. The lowest BCUT2D eigenvalue weighted by Gasteiger charge is -2.18. The number of nitrogens with two attached hydrogens (primary N) is 1. The molecule has 0 fully saturated rings. The smallest absolute Gasteiger partial charge is 0.0429 e. The van der Waals surface area contributed by atoms with E-state index in [0.717, 1.165) is 24.9 Å². The molecule has 0 atom stereocenters. The second-order valence-corrected chi connectivity index (χ2v) is 4.46. The molecule has 0 spiro atoms. The summed E-state index contributed by atoms with van der Waals surface area (Å²) in [5.41, 5.74) is 11.6. The van der Waals surface area contributed by atoms with Gasteiger partial charge in [-0.3, -0.25) is 0 Å². The van der Waals surface area contributed by atoms with E-state index in [1.54, 1.807) is 0 Å². The van der Waals surface area contributed by atoms with Crippen LogP contribution in [0.4, 0.5) is 5.69 Å². The number of aryl methyl sites for hydroxylation is 1. The number of benzene rings is 2. The zero-order chi connectivity index (χ0) is 12.4. The number of fused-ring (bicyclic) bond motifs is 1. The molecule has 2 rings (SSSR count). The van der Waals surface area contributed by atoms with Crippen molar-refractivity contribution in [2.75, 3.05) is 5.73 Å². The van der Waals surface area contributed by atoms with Crippen LogP contribution in [-0.2, 0) is 19.3 Å². The normalized spacial score (nSPS) is 11.0. The molecule has 0 heterocycles. The zero-order valence-corrected chi connectivity index (χ0v) is 11.0. The van der Waals surface area contributed by atoms with Crippen LogP contribution >= 0.6 is 0 Å². The van der Waals surface area contributed by atoms with Crippen molar-refractivity contribution in [2.45, 2.75) is 40.0 Å². The Balaban J connectivity index is 2.93. The molecule has 2 N–H and O–H groups in total. The highest BCUT2D eigenvalue weighted by Crippen LogP contribution is 2.33. The minimum Gasteiger partial charge on any atom is -0.398 e. The van der Waals surface area contributed by atoms with Gasteiger partial charge in [0.2, 0.25) is 0 Å². The maximum Gasteiger partial charge on any atom is 0.0429 e. The Bertz CT molecular complexity index is 541. The van der Waals surface area contributed by atoms with Crippen molar-refractivity contribution in [3.8, 4) is 0 Å². The van der Waals surface area contributed by atoms with Crippen LogP contribution in [0.25, 0.3) is 10.8 Å². The van der Waals surface area contributed by atoms with Gasteiger partial charge in [0.05, 0.1) is 0 Å². The molecular formula is C16H21N. The quantitative estimate of drug-likeness (QED) is 0.785. The molecule has 0 bridgehead atoms. The molecule has 1 nitrogen and oxygen atoms in total. The second kappa shape index (κ2) is 4.79. The summed E-state index contributed by atoms with van der Waals surface area (Å²) >= 11 is 0. The first-order valence-electron chi connectivity index (χ1n) is 6.55. The highest BCUT2D eigenvalue weighted by Gasteiger charge is 2.13. The molecule has 0 saturated carbocycles. The van der Waals surface area contributed by atoms with Gasteiger partial charge >= 0.3 is 0 Å². The van der Waals surface area contributed by atoms with Crippen LogP contribution in [0.1, 0.15) is 37.5 Å².